The molecule has 9 nitrogen and oxygen atoms in total. The van der Waals surface area contributed by atoms with E-state index >= 15 is 0 Å². The van der Waals surface area contributed by atoms with Gasteiger partial charge in [-0.05, 0) is 51.3 Å². The highest BCUT2D eigenvalue weighted by Crippen LogP contribution is 2.28. The largest absolute Gasteiger partial charge is 0.385 e. The van der Waals surface area contributed by atoms with Crippen LogP contribution in [0.4, 0.5) is 0 Å². The van der Waals surface area contributed by atoms with E-state index in [0.717, 1.165) is 5.52 Å². The van der Waals surface area contributed by atoms with Crippen LogP contribution in [0.3, 0.4) is 0 Å². The average Bonchev–Trinajstić information content (AvgIpc) is 3.31. The molecule has 154 valence electrons. The lowest BCUT2D eigenvalue weighted by molar-refractivity contribution is -0.124. The smallest absolute Gasteiger partial charge is 0.243 e. The summed E-state index contributed by atoms with van der Waals surface area (Å²) < 4.78 is 34.4. The van der Waals surface area contributed by atoms with E-state index in [1.54, 1.807) is 23.9 Å². The Bertz CT molecular complexity index is 941. The molecule has 1 aliphatic heterocycles. The molecule has 1 aromatic heterocycles. The second-order valence-electron chi connectivity index (χ2n) is 7.19. The molecule has 1 aromatic carbocycles. The molecule has 0 spiro atoms. The molecule has 1 saturated heterocycles. The van der Waals surface area contributed by atoms with E-state index in [9.17, 15) is 13.2 Å². The number of benzene rings is 1. The molecular formula is C18H27N5O4S. The molecule has 28 heavy (non-hydrogen) atoms. The van der Waals surface area contributed by atoms with Crippen molar-refractivity contribution in [3.8, 4) is 0 Å². The molecule has 10 heteroatoms. The Labute approximate surface area is 165 Å². The number of carbonyl (C=O) groups excluding carboxylic acids is 1. The van der Waals surface area contributed by atoms with Gasteiger partial charge in [0, 0.05) is 32.8 Å². The molecule has 1 amide bonds. The first-order valence-corrected chi connectivity index (χ1v) is 10.9. The van der Waals surface area contributed by atoms with Gasteiger partial charge in [0.15, 0.2) is 0 Å². The Morgan fingerprint density at radius 3 is 2.89 bits per heavy atom. The summed E-state index contributed by atoms with van der Waals surface area (Å²) in [5.41, 5.74) is 1.30. The highest BCUT2D eigenvalue weighted by molar-refractivity contribution is 7.89. The number of carbonyl (C=O) groups is 1. The maximum absolute atomic E-state index is 13.2. The van der Waals surface area contributed by atoms with Gasteiger partial charge in [-0.15, -0.1) is 5.10 Å². The van der Waals surface area contributed by atoms with Crippen LogP contribution in [0, 0.1) is 0 Å². The van der Waals surface area contributed by atoms with E-state index in [1.807, 2.05) is 13.8 Å². The topological polar surface area (TPSA) is 106 Å². The number of fused-ring (bicyclic) bond motifs is 1. The van der Waals surface area contributed by atoms with Crippen LogP contribution in [-0.4, -0.2) is 66.5 Å². The standard InChI is InChI=1S/C18H27N5O4S/c1-13(2)23-16-8-7-14(12-15(16)20-21-23)28(25,26)22-10-4-6-17(22)18(24)19-9-5-11-27-3/h7-8,12-13,17H,4-6,9-11H2,1-3H3,(H,19,24). The average molecular weight is 410 g/mol. The SMILES string of the molecule is COCCCNC(=O)C1CCCN1S(=O)(=O)c1ccc2c(c1)nnn2C(C)C. The van der Waals surface area contributed by atoms with E-state index in [0.29, 0.717) is 44.5 Å². The number of hydrogen-bond acceptors (Lipinski definition) is 6. The lowest BCUT2D eigenvalue weighted by Crippen LogP contribution is -2.46. The lowest BCUT2D eigenvalue weighted by Gasteiger charge is -2.23. The van der Waals surface area contributed by atoms with Crippen LogP contribution < -0.4 is 5.32 Å². The van der Waals surface area contributed by atoms with Gasteiger partial charge in [-0.25, -0.2) is 13.1 Å². The summed E-state index contributed by atoms with van der Waals surface area (Å²) >= 11 is 0. The molecular weight excluding hydrogens is 382 g/mol. The van der Waals surface area contributed by atoms with Gasteiger partial charge >= 0.3 is 0 Å². The fourth-order valence-corrected chi connectivity index (χ4v) is 5.11. The summed E-state index contributed by atoms with van der Waals surface area (Å²) in [6.45, 7) is 5.30. The van der Waals surface area contributed by atoms with Gasteiger partial charge in [-0.1, -0.05) is 5.21 Å². The van der Waals surface area contributed by atoms with Crippen molar-refractivity contribution in [2.24, 2.45) is 0 Å². The normalized spacial score (nSPS) is 18.2. The summed E-state index contributed by atoms with van der Waals surface area (Å²) in [5.74, 6) is -0.260. The summed E-state index contributed by atoms with van der Waals surface area (Å²) in [6, 6.07) is 4.25. The molecule has 2 heterocycles. The van der Waals surface area contributed by atoms with Crippen LogP contribution >= 0.6 is 0 Å². The highest BCUT2D eigenvalue weighted by Gasteiger charge is 2.39. The maximum Gasteiger partial charge on any atom is 0.243 e. The minimum absolute atomic E-state index is 0.122. The Morgan fingerprint density at radius 2 is 2.18 bits per heavy atom. The fraction of sp³-hybridized carbons (Fsp3) is 0.611. The van der Waals surface area contributed by atoms with Gasteiger partial charge in [0.05, 0.1) is 10.4 Å². The third kappa shape index (κ3) is 4.03. The van der Waals surface area contributed by atoms with Crippen molar-refractivity contribution < 1.29 is 17.9 Å². The first-order valence-electron chi connectivity index (χ1n) is 9.49. The number of sulfonamides is 1. The number of aromatic nitrogens is 3. The Balaban J connectivity index is 1.81. The fourth-order valence-electron chi connectivity index (χ4n) is 3.43. The Morgan fingerprint density at radius 1 is 1.39 bits per heavy atom. The van der Waals surface area contributed by atoms with E-state index in [4.69, 9.17) is 4.74 Å². The third-order valence-corrected chi connectivity index (χ3v) is 6.77. The predicted octanol–water partition coefficient (Wildman–Crippen LogP) is 1.32. The molecule has 2 aromatic rings. The van der Waals surface area contributed by atoms with Crippen molar-refractivity contribution in [1.29, 1.82) is 0 Å². The second-order valence-corrected chi connectivity index (χ2v) is 9.08. The molecule has 0 aliphatic carbocycles. The van der Waals surface area contributed by atoms with Gasteiger partial charge < -0.3 is 10.1 Å². The number of nitrogens with zero attached hydrogens (tertiary/aromatic N) is 4. The summed E-state index contributed by atoms with van der Waals surface area (Å²) in [7, 11) is -2.20. The van der Waals surface area contributed by atoms with Crippen LogP contribution in [-0.2, 0) is 19.6 Å². The van der Waals surface area contributed by atoms with Gasteiger partial charge in [-0.2, -0.15) is 4.31 Å². The molecule has 3 rings (SSSR count). The number of hydrogen-bond donors (Lipinski definition) is 1. The molecule has 1 aliphatic rings. The molecule has 1 N–H and O–H groups in total. The summed E-state index contributed by atoms with van der Waals surface area (Å²) in [4.78, 5) is 12.6. The molecule has 0 radical (unpaired) electrons. The maximum atomic E-state index is 13.2. The molecule has 1 atom stereocenters. The van der Waals surface area contributed by atoms with Crippen LogP contribution in [0.5, 0.6) is 0 Å². The van der Waals surface area contributed by atoms with E-state index in [2.05, 4.69) is 15.6 Å². The van der Waals surface area contributed by atoms with Gasteiger partial charge in [-0.3, -0.25) is 4.79 Å². The molecule has 0 saturated carbocycles. The van der Waals surface area contributed by atoms with Gasteiger partial charge in [0.1, 0.15) is 11.6 Å². The third-order valence-electron chi connectivity index (χ3n) is 4.87. The van der Waals surface area contributed by atoms with Crippen molar-refractivity contribution in [3.05, 3.63) is 18.2 Å². The monoisotopic (exact) mass is 409 g/mol. The van der Waals surface area contributed by atoms with Crippen molar-refractivity contribution in [1.82, 2.24) is 24.6 Å². The number of amides is 1. The zero-order valence-electron chi connectivity index (χ0n) is 16.5. The number of nitrogens with one attached hydrogen (secondary N) is 1. The Hall–Kier alpha value is -2.04. The highest BCUT2D eigenvalue weighted by atomic mass is 32.2. The first-order chi connectivity index (χ1) is 13.4. The van der Waals surface area contributed by atoms with Crippen LogP contribution in [0.25, 0.3) is 11.0 Å². The number of rotatable bonds is 8. The Kier molecular flexibility index (Phi) is 6.31. The molecule has 1 fully saturated rings. The van der Waals surface area contributed by atoms with Crippen LogP contribution in [0.2, 0.25) is 0 Å². The minimum Gasteiger partial charge on any atom is -0.385 e. The summed E-state index contributed by atoms with van der Waals surface area (Å²) in [5, 5.41) is 11.0. The molecule has 1 unspecified atom stereocenters. The minimum atomic E-state index is -3.80. The second kappa shape index (κ2) is 8.54. The number of ether oxygens (including phenoxy) is 1. The van der Waals surface area contributed by atoms with Crippen molar-refractivity contribution >= 4 is 27.0 Å². The predicted molar refractivity (Wildman–Crippen MR) is 104 cm³/mol. The number of methoxy groups -OCH3 is 1. The zero-order chi connectivity index (χ0) is 20.3. The lowest BCUT2D eigenvalue weighted by atomic mass is 10.2. The van der Waals surface area contributed by atoms with E-state index in [-0.39, 0.29) is 16.8 Å². The van der Waals surface area contributed by atoms with Crippen molar-refractivity contribution in [2.45, 2.75) is 50.1 Å². The van der Waals surface area contributed by atoms with Crippen LogP contribution in [0.15, 0.2) is 23.1 Å². The van der Waals surface area contributed by atoms with Crippen molar-refractivity contribution in [2.75, 3.05) is 26.8 Å². The van der Waals surface area contributed by atoms with Gasteiger partial charge in [0.2, 0.25) is 15.9 Å². The van der Waals surface area contributed by atoms with Gasteiger partial charge in [0.25, 0.3) is 0 Å². The first kappa shape index (κ1) is 20.7. The van der Waals surface area contributed by atoms with Crippen LogP contribution in [0.1, 0.15) is 39.2 Å². The zero-order valence-corrected chi connectivity index (χ0v) is 17.3. The van der Waals surface area contributed by atoms with Crippen molar-refractivity contribution in [3.63, 3.8) is 0 Å². The van der Waals surface area contributed by atoms with E-state index < -0.39 is 16.1 Å². The molecule has 0 bridgehead atoms. The van der Waals surface area contributed by atoms with E-state index in [1.165, 1.54) is 10.4 Å². The summed E-state index contributed by atoms with van der Waals surface area (Å²) in [6.07, 6.45) is 1.85. The quantitative estimate of drug-likeness (QED) is 0.659.